The lowest BCUT2D eigenvalue weighted by molar-refractivity contribution is -0.120. The van der Waals surface area contributed by atoms with E-state index in [2.05, 4.69) is 4.98 Å². The van der Waals surface area contributed by atoms with Gasteiger partial charge in [-0.1, -0.05) is 6.07 Å². The first kappa shape index (κ1) is 10.4. The molecular weight excluding hydrogens is 176 g/mol. The van der Waals surface area contributed by atoms with Crippen molar-refractivity contribution >= 4 is 5.78 Å². The third-order valence-electron chi connectivity index (χ3n) is 2.35. The highest BCUT2D eigenvalue weighted by molar-refractivity contribution is 5.90. The van der Waals surface area contributed by atoms with E-state index in [-0.39, 0.29) is 5.78 Å². The molecule has 1 unspecified atom stereocenters. The van der Waals surface area contributed by atoms with Gasteiger partial charge in [0.1, 0.15) is 0 Å². The molecule has 0 saturated carbocycles. The summed E-state index contributed by atoms with van der Waals surface area (Å²) in [6.07, 6.45) is 1.66. The van der Waals surface area contributed by atoms with Crippen LogP contribution in [0.25, 0.3) is 0 Å². The van der Waals surface area contributed by atoms with Gasteiger partial charge in [-0.15, -0.1) is 0 Å². The Morgan fingerprint density at radius 3 is 2.57 bits per heavy atom. The first-order valence-electron chi connectivity index (χ1n) is 4.36. The third-order valence-corrected chi connectivity index (χ3v) is 2.35. The van der Waals surface area contributed by atoms with E-state index >= 15 is 0 Å². The molecule has 0 aliphatic carbocycles. The Morgan fingerprint density at radius 2 is 2.21 bits per heavy atom. The second-order valence-corrected chi connectivity index (χ2v) is 3.51. The molecule has 1 rings (SSSR count). The summed E-state index contributed by atoms with van der Waals surface area (Å²) >= 11 is 0. The van der Waals surface area contributed by atoms with Crippen molar-refractivity contribution in [2.45, 2.75) is 26.2 Å². The van der Waals surface area contributed by atoms with Crippen molar-refractivity contribution in [2.75, 3.05) is 0 Å². The number of hydrogen-bond acceptors (Lipinski definition) is 3. The van der Waals surface area contributed by atoms with Crippen molar-refractivity contribution in [3.63, 3.8) is 0 Å². The number of rotatable bonds is 2. The number of aryl methyl sites for hydroxylation is 1. The van der Waals surface area contributed by atoms with E-state index in [0.717, 1.165) is 5.56 Å². The molecule has 0 amide bonds. The predicted molar refractivity (Wildman–Crippen MR) is 52.6 cm³/mol. The number of Topliss-reactive ketones (excluding diaryl/α,β-unsaturated/α-hetero) is 1. The zero-order chi connectivity index (χ0) is 10.8. The molecular formula is C11H12N2O. The predicted octanol–water partition coefficient (Wildman–Crippen LogP) is 1.76. The normalized spacial score (nSPS) is 14.1. The zero-order valence-electron chi connectivity index (χ0n) is 8.53. The van der Waals surface area contributed by atoms with Crippen molar-refractivity contribution in [1.82, 2.24) is 4.98 Å². The van der Waals surface area contributed by atoms with Gasteiger partial charge in [-0.2, -0.15) is 5.26 Å². The van der Waals surface area contributed by atoms with E-state index in [9.17, 15) is 4.79 Å². The van der Waals surface area contributed by atoms with Crippen molar-refractivity contribution in [3.05, 3.63) is 29.6 Å². The molecule has 72 valence electrons. The van der Waals surface area contributed by atoms with Crippen molar-refractivity contribution in [2.24, 2.45) is 0 Å². The van der Waals surface area contributed by atoms with Crippen LogP contribution in [0.5, 0.6) is 0 Å². The van der Waals surface area contributed by atoms with Crippen LogP contribution in [0.4, 0.5) is 0 Å². The van der Waals surface area contributed by atoms with Crippen LogP contribution in [0.15, 0.2) is 18.3 Å². The van der Waals surface area contributed by atoms with Crippen LogP contribution in [-0.4, -0.2) is 10.8 Å². The molecule has 0 spiro atoms. The van der Waals surface area contributed by atoms with Gasteiger partial charge in [0.2, 0.25) is 0 Å². The minimum Gasteiger partial charge on any atom is -0.298 e. The highest BCUT2D eigenvalue weighted by Crippen LogP contribution is 2.21. The van der Waals surface area contributed by atoms with Gasteiger partial charge < -0.3 is 0 Å². The fraction of sp³-hybridized carbons (Fsp3) is 0.364. The molecule has 0 aliphatic rings. The number of pyridine rings is 1. The summed E-state index contributed by atoms with van der Waals surface area (Å²) < 4.78 is 0. The summed E-state index contributed by atoms with van der Waals surface area (Å²) in [5.41, 5.74) is 0.406. The van der Waals surface area contributed by atoms with Gasteiger partial charge >= 0.3 is 0 Å². The van der Waals surface area contributed by atoms with Crippen molar-refractivity contribution in [1.29, 1.82) is 5.26 Å². The van der Waals surface area contributed by atoms with Gasteiger partial charge in [-0.05, 0) is 32.4 Å². The molecule has 1 aromatic heterocycles. The summed E-state index contributed by atoms with van der Waals surface area (Å²) in [6.45, 7) is 4.91. The van der Waals surface area contributed by atoms with E-state index in [1.807, 2.05) is 19.1 Å². The molecule has 0 radical (unpaired) electrons. The highest BCUT2D eigenvalue weighted by Gasteiger charge is 2.33. The van der Waals surface area contributed by atoms with Crippen LogP contribution in [0.2, 0.25) is 0 Å². The maximum absolute atomic E-state index is 11.3. The maximum Gasteiger partial charge on any atom is 0.155 e. The summed E-state index contributed by atoms with van der Waals surface area (Å²) in [5.74, 6) is -0.184. The molecule has 0 aromatic carbocycles. The van der Waals surface area contributed by atoms with E-state index in [1.54, 1.807) is 19.2 Å². The number of ketones is 1. The molecule has 1 heterocycles. The second-order valence-electron chi connectivity index (χ2n) is 3.51. The van der Waals surface area contributed by atoms with E-state index < -0.39 is 5.41 Å². The number of nitrogens with zero attached hydrogens (tertiary/aromatic N) is 2. The smallest absolute Gasteiger partial charge is 0.155 e. The quantitative estimate of drug-likeness (QED) is 0.710. The fourth-order valence-electron chi connectivity index (χ4n) is 1.08. The topological polar surface area (TPSA) is 53.8 Å². The van der Waals surface area contributed by atoms with Gasteiger partial charge in [0.05, 0.1) is 11.8 Å². The first-order valence-corrected chi connectivity index (χ1v) is 4.36. The molecule has 1 atom stereocenters. The molecule has 3 heteroatoms. The van der Waals surface area contributed by atoms with Gasteiger partial charge in [-0.3, -0.25) is 9.78 Å². The molecule has 14 heavy (non-hydrogen) atoms. The molecule has 0 aliphatic heterocycles. The molecule has 0 saturated heterocycles. The monoisotopic (exact) mass is 188 g/mol. The largest absolute Gasteiger partial charge is 0.298 e. The lowest BCUT2D eigenvalue weighted by atomic mass is 9.84. The van der Waals surface area contributed by atoms with Crippen molar-refractivity contribution in [3.8, 4) is 6.07 Å². The lowest BCUT2D eigenvalue weighted by Crippen LogP contribution is -2.29. The Labute approximate surface area is 83.4 Å². The molecule has 1 aromatic rings. The third kappa shape index (κ3) is 1.64. The molecule has 0 fully saturated rings. The molecule has 0 N–H and O–H groups in total. The SMILES string of the molecule is CC(=O)C(C)(C#N)c1ccc(C)cn1. The van der Waals surface area contributed by atoms with E-state index in [1.165, 1.54) is 6.92 Å². The maximum atomic E-state index is 11.3. The number of hydrogen-bond donors (Lipinski definition) is 0. The Kier molecular flexibility index (Phi) is 2.66. The number of nitriles is 1. The minimum absolute atomic E-state index is 0.184. The minimum atomic E-state index is -1.12. The van der Waals surface area contributed by atoms with Crippen LogP contribution < -0.4 is 0 Å². The standard InChI is InChI=1S/C11H12N2O/c1-8-4-5-10(13-6-8)11(3,7-12)9(2)14/h4-6H,1-3H3. The Hall–Kier alpha value is -1.69. The van der Waals surface area contributed by atoms with Crippen LogP contribution >= 0.6 is 0 Å². The molecule has 0 bridgehead atoms. The van der Waals surface area contributed by atoms with Gasteiger partial charge in [0, 0.05) is 6.20 Å². The summed E-state index contributed by atoms with van der Waals surface area (Å²) in [6, 6.07) is 5.57. The van der Waals surface area contributed by atoms with E-state index in [4.69, 9.17) is 5.26 Å². The van der Waals surface area contributed by atoms with Gasteiger partial charge in [0.25, 0.3) is 0 Å². The van der Waals surface area contributed by atoms with Crippen LogP contribution in [0, 0.1) is 18.3 Å². The van der Waals surface area contributed by atoms with Crippen LogP contribution in [-0.2, 0) is 10.2 Å². The van der Waals surface area contributed by atoms with Crippen LogP contribution in [0.1, 0.15) is 25.1 Å². The number of carbonyl (C=O) groups is 1. The van der Waals surface area contributed by atoms with E-state index in [0.29, 0.717) is 5.69 Å². The number of aromatic nitrogens is 1. The van der Waals surface area contributed by atoms with Crippen molar-refractivity contribution < 1.29 is 4.79 Å². The molecule has 3 nitrogen and oxygen atoms in total. The zero-order valence-corrected chi connectivity index (χ0v) is 8.53. The summed E-state index contributed by atoms with van der Waals surface area (Å²) in [4.78, 5) is 15.4. The highest BCUT2D eigenvalue weighted by atomic mass is 16.1. The Balaban J connectivity index is 3.22. The fourth-order valence-corrected chi connectivity index (χ4v) is 1.08. The number of carbonyl (C=O) groups excluding carboxylic acids is 1. The second kappa shape index (κ2) is 3.59. The average molecular weight is 188 g/mol. The average Bonchev–Trinajstić information content (AvgIpc) is 2.17. The first-order chi connectivity index (χ1) is 6.50. The van der Waals surface area contributed by atoms with Crippen LogP contribution in [0.3, 0.4) is 0 Å². The Morgan fingerprint density at radius 1 is 1.57 bits per heavy atom. The van der Waals surface area contributed by atoms with Gasteiger partial charge in [-0.25, -0.2) is 0 Å². The van der Waals surface area contributed by atoms with Gasteiger partial charge in [0.15, 0.2) is 11.2 Å². The summed E-state index contributed by atoms with van der Waals surface area (Å²) in [5, 5.41) is 8.97. The Bertz CT molecular complexity index is 389. The lowest BCUT2D eigenvalue weighted by Gasteiger charge is -2.16. The summed E-state index contributed by atoms with van der Waals surface area (Å²) in [7, 11) is 0.